The van der Waals surface area contributed by atoms with Crippen molar-refractivity contribution in [1.29, 1.82) is 0 Å². The average Bonchev–Trinajstić information content (AvgIpc) is 2.76. The summed E-state index contributed by atoms with van der Waals surface area (Å²) in [5.74, 6) is 0.679. The van der Waals surface area contributed by atoms with Gasteiger partial charge in [0, 0.05) is 10.0 Å². The molecule has 19 heavy (non-hydrogen) atoms. The molecule has 0 fully saturated rings. The lowest BCUT2D eigenvalue weighted by atomic mass is 10.2. The highest BCUT2D eigenvalue weighted by Gasteiger charge is 2.10. The Morgan fingerprint density at radius 1 is 1.00 bits per heavy atom. The number of fused-ring (bicyclic) bond motifs is 1. The molecular weight excluding hydrogens is 372 g/mol. The molecule has 0 saturated heterocycles. The summed E-state index contributed by atoms with van der Waals surface area (Å²) >= 11 is 21.1. The van der Waals surface area contributed by atoms with E-state index in [1.807, 2.05) is 12.1 Å². The van der Waals surface area contributed by atoms with Crippen LogP contribution < -0.4 is 0 Å². The Hall–Kier alpha value is -0.810. The van der Waals surface area contributed by atoms with Gasteiger partial charge in [0.1, 0.15) is 11.0 Å². The maximum absolute atomic E-state index is 5.96. The monoisotopic (exact) mass is 375 g/mol. The SMILES string of the molecule is Clc1ccc(-c2nc3nc(Cl)c(Cl)cc3[nH]2)cc1Br. The number of halogens is 4. The van der Waals surface area contributed by atoms with Crippen molar-refractivity contribution in [3.63, 3.8) is 0 Å². The molecule has 3 aromatic rings. The normalized spacial score (nSPS) is 11.2. The van der Waals surface area contributed by atoms with Crippen molar-refractivity contribution >= 4 is 61.9 Å². The van der Waals surface area contributed by atoms with E-state index in [-0.39, 0.29) is 5.15 Å². The third kappa shape index (κ3) is 2.46. The molecule has 1 N–H and O–H groups in total. The quantitative estimate of drug-likeness (QED) is 0.581. The van der Waals surface area contributed by atoms with Crippen LogP contribution in [-0.2, 0) is 0 Å². The fourth-order valence-corrected chi connectivity index (χ4v) is 2.46. The molecule has 2 aromatic heterocycles. The van der Waals surface area contributed by atoms with Gasteiger partial charge in [0.05, 0.1) is 15.6 Å². The van der Waals surface area contributed by atoms with Crippen molar-refractivity contribution in [3.8, 4) is 11.4 Å². The number of benzene rings is 1. The van der Waals surface area contributed by atoms with Gasteiger partial charge in [-0.15, -0.1) is 0 Å². The summed E-state index contributed by atoms with van der Waals surface area (Å²) in [6.07, 6.45) is 0. The standard InChI is InChI=1S/C12H5BrCl3N3/c13-6-3-5(1-2-7(6)14)11-17-9-4-8(15)10(16)18-12(9)19-11/h1-4H,(H,17,18,19). The number of hydrogen-bond donors (Lipinski definition) is 1. The second kappa shape index (κ2) is 4.94. The van der Waals surface area contributed by atoms with E-state index in [0.717, 1.165) is 15.6 Å². The van der Waals surface area contributed by atoms with Crippen LogP contribution in [0, 0.1) is 0 Å². The van der Waals surface area contributed by atoms with E-state index in [0.29, 0.717) is 21.5 Å². The fourth-order valence-electron chi connectivity index (χ4n) is 1.68. The van der Waals surface area contributed by atoms with E-state index in [2.05, 4.69) is 30.9 Å². The lowest BCUT2D eigenvalue weighted by Crippen LogP contribution is -1.81. The third-order valence-electron chi connectivity index (χ3n) is 2.58. The molecule has 0 atom stereocenters. The van der Waals surface area contributed by atoms with Gasteiger partial charge in [0.25, 0.3) is 0 Å². The summed E-state index contributed by atoms with van der Waals surface area (Å²) in [5.41, 5.74) is 2.15. The van der Waals surface area contributed by atoms with E-state index >= 15 is 0 Å². The molecule has 0 aliphatic carbocycles. The van der Waals surface area contributed by atoms with Crippen molar-refractivity contribution in [1.82, 2.24) is 15.0 Å². The number of hydrogen-bond acceptors (Lipinski definition) is 2. The third-order valence-corrected chi connectivity index (χ3v) is 4.46. The van der Waals surface area contributed by atoms with E-state index < -0.39 is 0 Å². The number of aromatic nitrogens is 3. The highest BCUT2D eigenvalue weighted by Crippen LogP contribution is 2.29. The number of H-pyrrole nitrogens is 1. The molecule has 0 amide bonds. The summed E-state index contributed by atoms with van der Waals surface area (Å²) < 4.78 is 0.802. The first kappa shape index (κ1) is 13.2. The summed E-state index contributed by atoms with van der Waals surface area (Å²) in [6.45, 7) is 0. The number of rotatable bonds is 1. The maximum Gasteiger partial charge on any atom is 0.179 e. The molecule has 2 heterocycles. The zero-order chi connectivity index (χ0) is 13.6. The van der Waals surface area contributed by atoms with Gasteiger partial charge in [-0.2, -0.15) is 0 Å². The first-order valence-corrected chi connectivity index (χ1v) is 7.14. The minimum Gasteiger partial charge on any atom is -0.337 e. The van der Waals surface area contributed by atoms with E-state index in [1.165, 1.54) is 0 Å². The van der Waals surface area contributed by atoms with Gasteiger partial charge >= 0.3 is 0 Å². The molecule has 0 unspecified atom stereocenters. The zero-order valence-corrected chi connectivity index (χ0v) is 13.1. The number of imidazole rings is 1. The van der Waals surface area contributed by atoms with Crippen LogP contribution in [0.1, 0.15) is 0 Å². The van der Waals surface area contributed by atoms with Gasteiger partial charge in [0.2, 0.25) is 0 Å². The summed E-state index contributed by atoms with van der Waals surface area (Å²) in [5, 5.41) is 1.27. The Labute approximate surface area is 132 Å². The smallest absolute Gasteiger partial charge is 0.179 e. The topological polar surface area (TPSA) is 41.6 Å². The van der Waals surface area contributed by atoms with Crippen LogP contribution in [0.4, 0.5) is 0 Å². The Morgan fingerprint density at radius 3 is 2.53 bits per heavy atom. The predicted molar refractivity (Wildman–Crippen MR) is 82.1 cm³/mol. The van der Waals surface area contributed by atoms with Crippen molar-refractivity contribution in [2.45, 2.75) is 0 Å². The lowest BCUT2D eigenvalue weighted by molar-refractivity contribution is 1.30. The summed E-state index contributed by atoms with van der Waals surface area (Å²) in [6, 6.07) is 7.24. The van der Waals surface area contributed by atoms with Crippen molar-refractivity contribution in [3.05, 3.63) is 43.9 Å². The Bertz CT molecular complexity index is 746. The van der Waals surface area contributed by atoms with E-state index in [9.17, 15) is 0 Å². The molecule has 96 valence electrons. The second-order valence-corrected chi connectivity index (χ2v) is 5.87. The molecule has 3 nitrogen and oxygen atoms in total. The van der Waals surface area contributed by atoms with Gasteiger partial charge in [-0.3, -0.25) is 0 Å². The van der Waals surface area contributed by atoms with Gasteiger partial charge in [0.15, 0.2) is 5.65 Å². The largest absolute Gasteiger partial charge is 0.337 e. The van der Waals surface area contributed by atoms with Gasteiger partial charge in [-0.1, -0.05) is 34.8 Å². The average molecular weight is 377 g/mol. The molecule has 1 aromatic carbocycles. The van der Waals surface area contributed by atoms with Crippen LogP contribution in [0.5, 0.6) is 0 Å². The number of nitrogens with zero attached hydrogens (tertiary/aromatic N) is 2. The first-order valence-electron chi connectivity index (χ1n) is 5.22. The summed E-state index contributed by atoms with van der Waals surface area (Å²) in [7, 11) is 0. The van der Waals surface area contributed by atoms with Crippen LogP contribution in [0.15, 0.2) is 28.7 Å². The predicted octanol–water partition coefficient (Wildman–Crippen LogP) is 5.35. The van der Waals surface area contributed by atoms with Crippen LogP contribution in [-0.4, -0.2) is 15.0 Å². The minimum atomic E-state index is 0.240. The van der Waals surface area contributed by atoms with Crippen molar-refractivity contribution in [2.24, 2.45) is 0 Å². The second-order valence-electron chi connectivity index (χ2n) is 3.85. The highest BCUT2D eigenvalue weighted by molar-refractivity contribution is 9.10. The molecule has 0 saturated carbocycles. The molecule has 3 rings (SSSR count). The Morgan fingerprint density at radius 2 is 1.79 bits per heavy atom. The lowest BCUT2D eigenvalue weighted by Gasteiger charge is -1.99. The molecular formula is C12H5BrCl3N3. The molecule has 0 aliphatic rings. The minimum absolute atomic E-state index is 0.240. The molecule has 0 spiro atoms. The van der Waals surface area contributed by atoms with Gasteiger partial charge in [-0.05, 0) is 40.2 Å². The first-order chi connectivity index (χ1) is 9.04. The van der Waals surface area contributed by atoms with Crippen LogP contribution >= 0.6 is 50.7 Å². The fraction of sp³-hybridized carbons (Fsp3) is 0. The van der Waals surface area contributed by atoms with Crippen molar-refractivity contribution < 1.29 is 0 Å². The highest BCUT2D eigenvalue weighted by atomic mass is 79.9. The van der Waals surface area contributed by atoms with Crippen LogP contribution in [0.3, 0.4) is 0 Å². The number of aromatic amines is 1. The van der Waals surface area contributed by atoms with E-state index in [1.54, 1.807) is 12.1 Å². The van der Waals surface area contributed by atoms with Crippen molar-refractivity contribution in [2.75, 3.05) is 0 Å². The van der Waals surface area contributed by atoms with Gasteiger partial charge < -0.3 is 4.98 Å². The van der Waals surface area contributed by atoms with Crippen LogP contribution in [0.2, 0.25) is 15.2 Å². The maximum atomic E-state index is 5.96. The molecule has 0 radical (unpaired) electrons. The molecule has 0 aliphatic heterocycles. The van der Waals surface area contributed by atoms with Crippen LogP contribution in [0.25, 0.3) is 22.6 Å². The Kier molecular flexibility index (Phi) is 3.43. The zero-order valence-electron chi connectivity index (χ0n) is 9.22. The van der Waals surface area contributed by atoms with E-state index in [4.69, 9.17) is 34.8 Å². The molecule has 7 heteroatoms. The molecule has 0 bridgehead atoms. The number of nitrogens with one attached hydrogen (secondary N) is 1. The summed E-state index contributed by atoms with van der Waals surface area (Å²) in [4.78, 5) is 11.6. The Balaban J connectivity index is 2.17. The number of pyridine rings is 1. The van der Waals surface area contributed by atoms with Gasteiger partial charge in [-0.25, -0.2) is 9.97 Å².